The number of sulfonamides is 1. The van der Waals surface area contributed by atoms with Crippen LogP contribution < -0.4 is 21.1 Å². The molecular weight excluding hydrogens is 594 g/mol. The fourth-order valence-corrected chi connectivity index (χ4v) is 5.14. The predicted octanol–water partition coefficient (Wildman–Crippen LogP) is 2.78. The maximum Gasteiger partial charge on any atom is 0.411 e. The third kappa shape index (κ3) is 6.01. The standard InChI is InChI=1S/C24H20ClN9O7S/c25-16-11-14(10-15(18(16)35)19(26)36)42(39,40)33-13-5-3-12(4-6-13)7-8-27-21-29-22-28-20(17-2-1-9-41-17)32-34(22)23(30-21)31-24(37)38/h1-6,9-11,33,35H,7-8H2,(H2,26,36)(H,37,38)(H2,27,28,29,30,31,32). The van der Waals surface area contributed by atoms with E-state index in [1.54, 1.807) is 24.3 Å². The van der Waals surface area contributed by atoms with Crippen LogP contribution in [0, 0.1) is 0 Å². The van der Waals surface area contributed by atoms with Gasteiger partial charge in [-0.05, 0) is 48.4 Å². The van der Waals surface area contributed by atoms with Gasteiger partial charge in [0.2, 0.25) is 17.7 Å². The number of phenols is 1. The van der Waals surface area contributed by atoms with E-state index < -0.39 is 33.3 Å². The number of anilines is 3. The number of nitrogens with two attached hydrogens (primary N) is 1. The van der Waals surface area contributed by atoms with Gasteiger partial charge in [0.1, 0.15) is 5.75 Å². The van der Waals surface area contributed by atoms with Gasteiger partial charge in [0.15, 0.2) is 5.76 Å². The second kappa shape index (κ2) is 11.2. The average molecular weight is 614 g/mol. The Morgan fingerprint density at radius 2 is 1.86 bits per heavy atom. The largest absolute Gasteiger partial charge is 0.506 e. The van der Waals surface area contributed by atoms with Crippen molar-refractivity contribution < 1.29 is 32.6 Å². The molecule has 0 aliphatic rings. The number of nitrogens with one attached hydrogen (secondary N) is 3. The number of carbonyl (C=O) groups excluding carboxylic acids is 1. The Kier molecular flexibility index (Phi) is 7.51. The molecule has 0 atom stereocenters. The summed E-state index contributed by atoms with van der Waals surface area (Å²) in [6.07, 6.45) is 0.557. The molecule has 18 heteroatoms. The van der Waals surface area contributed by atoms with E-state index in [0.29, 0.717) is 18.7 Å². The van der Waals surface area contributed by atoms with E-state index in [2.05, 4.69) is 35.4 Å². The normalized spacial score (nSPS) is 11.4. The summed E-state index contributed by atoms with van der Waals surface area (Å²) in [6.45, 7) is 0.328. The molecule has 0 fully saturated rings. The van der Waals surface area contributed by atoms with Gasteiger partial charge in [0.05, 0.1) is 21.7 Å². The summed E-state index contributed by atoms with van der Waals surface area (Å²) < 4.78 is 34.4. The van der Waals surface area contributed by atoms with E-state index in [-0.39, 0.29) is 39.1 Å². The summed E-state index contributed by atoms with van der Waals surface area (Å²) in [5, 5.41) is 28.1. The van der Waals surface area contributed by atoms with Crippen LogP contribution in [0.3, 0.4) is 0 Å². The van der Waals surface area contributed by atoms with Crippen LogP contribution in [0.5, 0.6) is 5.75 Å². The van der Waals surface area contributed by atoms with E-state index in [1.165, 1.54) is 18.4 Å². The van der Waals surface area contributed by atoms with Crippen molar-refractivity contribution in [3.8, 4) is 17.3 Å². The lowest BCUT2D eigenvalue weighted by atomic mass is 10.1. The topological polar surface area (TPSA) is 240 Å². The van der Waals surface area contributed by atoms with Gasteiger partial charge >= 0.3 is 6.09 Å². The fourth-order valence-electron chi connectivity index (χ4n) is 3.74. The smallest absolute Gasteiger partial charge is 0.411 e. The van der Waals surface area contributed by atoms with Crippen molar-refractivity contribution in [1.82, 2.24) is 24.6 Å². The van der Waals surface area contributed by atoms with Crippen LogP contribution >= 0.6 is 11.6 Å². The molecule has 0 aliphatic heterocycles. The number of primary amides is 1. The molecule has 16 nitrogen and oxygen atoms in total. The summed E-state index contributed by atoms with van der Waals surface area (Å²) >= 11 is 5.86. The van der Waals surface area contributed by atoms with Crippen molar-refractivity contribution >= 4 is 57.0 Å². The number of fused-ring (bicyclic) bond motifs is 1. The minimum Gasteiger partial charge on any atom is -0.506 e. The third-order valence-corrected chi connectivity index (χ3v) is 7.33. The van der Waals surface area contributed by atoms with Crippen molar-refractivity contribution in [1.29, 1.82) is 0 Å². The van der Waals surface area contributed by atoms with Crippen LogP contribution in [0.25, 0.3) is 17.4 Å². The number of rotatable bonds is 10. The number of carbonyl (C=O) groups is 2. The Morgan fingerprint density at radius 3 is 2.52 bits per heavy atom. The molecule has 7 N–H and O–H groups in total. The average Bonchev–Trinajstić information content (AvgIpc) is 3.61. The lowest BCUT2D eigenvalue weighted by molar-refractivity contribution is 0.0997. The highest BCUT2D eigenvalue weighted by atomic mass is 35.5. The van der Waals surface area contributed by atoms with E-state index in [4.69, 9.17) is 21.8 Å². The number of hydrogen-bond acceptors (Lipinski definition) is 11. The Labute approximate surface area is 241 Å². The molecule has 3 aromatic heterocycles. The molecule has 0 aliphatic carbocycles. The first kappa shape index (κ1) is 28.1. The van der Waals surface area contributed by atoms with Gasteiger partial charge in [-0.25, -0.2) is 13.2 Å². The molecule has 0 spiro atoms. The first-order valence-electron chi connectivity index (χ1n) is 11.9. The minimum absolute atomic E-state index is 0.0807. The first-order chi connectivity index (χ1) is 20.0. The molecule has 0 saturated carbocycles. The van der Waals surface area contributed by atoms with Crippen molar-refractivity contribution in [2.75, 3.05) is 21.9 Å². The van der Waals surface area contributed by atoms with Crippen molar-refractivity contribution in [3.05, 3.63) is 70.9 Å². The number of benzene rings is 2. The first-order valence-corrected chi connectivity index (χ1v) is 13.7. The van der Waals surface area contributed by atoms with E-state index in [9.17, 15) is 28.2 Å². The maximum absolute atomic E-state index is 12.8. The third-order valence-electron chi connectivity index (χ3n) is 5.68. The summed E-state index contributed by atoms with van der Waals surface area (Å²) in [5.74, 6) is -1.05. The monoisotopic (exact) mass is 613 g/mol. The van der Waals surface area contributed by atoms with Crippen LogP contribution in [0.2, 0.25) is 5.02 Å². The van der Waals surface area contributed by atoms with Crippen LogP contribution in [0.15, 0.2) is 64.1 Å². The number of hydrogen-bond donors (Lipinski definition) is 6. The molecule has 5 rings (SSSR count). The maximum atomic E-state index is 12.8. The van der Waals surface area contributed by atoms with Gasteiger partial charge in [-0.1, -0.05) is 23.7 Å². The second-order valence-corrected chi connectivity index (χ2v) is 10.7. The molecular formula is C24H20ClN9O7S. The number of carboxylic acid groups (broad SMARTS) is 1. The molecule has 42 heavy (non-hydrogen) atoms. The van der Waals surface area contributed by atoms with Crippen molar-refractivity contribution in [2.45, 2.75) is 11.3 Å². The summed E-state index contributed by atoms with van der Waals surface area (Å²) in [7, 11) is -4.17. The number of nitrogens with zero attached hydrogens (tertiary/aromatic N) is 5. The zero-order valence-electron chi connectivity index (χ0n) is 21.1. The Bertz CT molecular complexity index is 1910. The summed E-state index contributed by atoms with van der Waals surface area (Å²) in [5.41, 5.74) is 5.81. The number of amides is 2. The van der Waals surface area contributed by atoms with E-state index in [1.807, 2.05) is 0 Å². The molecule has 5 aromatic rings. The van der Waals surface area contributed by atoms with Crippen LogP contribution in [0.1, 0.15) is 15.9 Å². The molecule has 0 bridgehead atoms. The highest BCUT2D eigenvalue weighted by molar-refractivity contribution is 7.92. The summed E-state index contributed by atoms with van der Waals surface area (Å²) in [6, 6.07) is 11.7. The molecule has 3 heterocycles. The number of furan rings is 1. The Balaban J connectivity index is 1.26. The number of aromatic nitrogens is 5. The second-order valence-electron chi connectivity index (χ2n) is 8.57. The molecule has 2 aromatic carbocycles. The highest BCUT2D eigenvalue weighted by Crippen LogP contribution is 2.31. The predicted molar refractivity (Wildman–Crippen MR) is 149 cm³/mol. The van der Waals surface area contributed by atoms with Gasteiger partial charge in [-0.15, -0.1) is 5.10 Å². The molecule has 2 amide bonds. The SMILES string of the molecule is NC(=O)c1cc(S(=O)(=O)Nc2ccc(CCNc3nc(NC(=O)O)n4nc(-c5ccco5)nc4n3)cc2)cc(Cl)c1O. The highest BCUT2D eigenvalue weighted by Gasteiger charge is 2.21. The molecule has 216 valence electrons. The number of aromatic hydroxyl groups is 1. The van der Waals surface area contributed by atoms with Gasteiger partial charge < -0.3 is 25.7 Å². The molecule has 0 unspecified atom stereocenters. The van der Waals surface area contributed by atoms with Gasteiger partial charge in [0.25, 0.3) is 21.7 Å². The lowest BCUT2D eigenvalue weighted by Crippen LogP contribution is -2.17. The molecule has 0 radical (unpaired) electrons. The van der Waals surface area contributed by atoms with Crippen LogP contribution in [-0.2, 0) is 16.4 Å². The van der Waals surface area contributed by atoms with Gasteiger partial charge in [0, 0.05) is 12.2 Å². The van der Waals surface area contributed by atoms with E-state index >= 15 is 0 Å². The fraction of sp³-hybridized carbons (Fsp3) is 0.0833. The van der Waals surface area contributed by atoms with Crippen LogP contribution in [-0.4, -0.2) is 61.7 Å². The van der Waals surface area contributed by atoms with Crippen molar-refractivity contribution in [3.63, 3.8) is 0 Å². The quantitative estimate of drug-likeness (QED) is 0.133. The Hall–Kier alpha value is -5.42. The van der Waals surface area contributed by atoms with Gasteiger partial charge in [-0.3, -0.25) is 14.8 Å². The van der Waals surface area contributed by atoms with Gasteiger partial charge in [-0.2, -0.15) is 19.5 Å². The zero-order chi connectivity index (χ0) is 30.0. The van der Waals surface area contributed by atoms with Crippen molar-refractivity contribution in [2.24, 2.45) is 5.73 Å². The number of halogens is 1. The van der Waals surface area contributed by atoms with E-state index in [0.717, 1.165) is 22.2 Å². The summed E-state index contributed by atoms with van der Waals surface area (Å²) in [4.78, 5) is 35.2. The Morgan fingerprint density at radius 1 is 1.10 bits per heavy atom. The lowest BCUT2D eigenvalue weighted by Gasteiger charge is -2.11. The molecule has 0 saturated heterocycles. The van der Waals surface area contributed by atoms with Crippen LogP contribution in [0.4, 0.5) is 22.4 Å². The zero-order valence-corrected chi connectivity index (χ0v) is 22.7. The minimum atomic E-state index is -4.17.